The molecule has 0 amide bonds. The van der Waals surface area contributed by atoms with Crippen LogP contribution in [0.25, 0.3) is 0 Å². The first-order chi connectivity index (χ1) is 19.7. The van der Waals surface area contributed by atoms with Crippen molar-refractivity contribution in [2.24, 2.45) is 29.1 Å². The Labute approximate surface area is 246 Å². The lowest BCUT2D eigenvalue weighted by Crippen LogP contribution is -2.55. The summed E-state index contributed by atoms with van der Waals surface area (Å²) in [4.78, 5) is 65.1. The maximum Gasteiger partial charge on any atom is 0.338 e. The van der Waals surface area contributed by atoms with E-state index in [2.05, 4.69) is 13.8 Å². The Hall–Kier alpha value is -3.75. The Morgan fingerprint density at radius 1 is 0.952 bits per heavy atom. The highest BCUT2D eigenvalue weighted by atomic mass is 16.6. The number of esters is 4. The number of rotatable bonds is 6. The van der Waals surface area contributed by atoms with Gasteiger partial charge in [-0.05, 0) is 54.2 Å². The molecule has 4 rings (SSSR count). The van der Waals surface area contributed by atoms with E-state index in [1.165, 1.54) is 20.8 Å². The molecule has 0 N–H and O–H groups in total. The zero-order valence-corrected chi connectivity index (χ0v) is 25.3. The summed E-state index contributed by atoms with van der Waals surface area (Å²) in [5, 5.41) is 0. The first-order valence-corrected chi connectivity index (χ1v) is 14.4. The van der Waals surface area contributed by atoms with Crippen LogP contribution in [0.4, 0.5) is 0 Å². The number of hydrogen-bond donors (Lipinski definition) is 0. The van der Waals surface area contributed by atoms with Crippen molar-refractivity contribution in [3.63, 3.8) is 0 Å². The number of ketones is 1. The average molecular weight is 581 g/mol. The van der Waals surface area contributed by atoms with Gasteiger partial charge in [-0.15, -0.1) is 0 Å². The number of allylic oxidation sites excluding steroid dienone is 2. The normalized spacial score (nSPS) is 34.1. The summed E-state index contributed by atoms with van der Waals surface area (Å²) in [6.45, 7) is 11.3. The van der Waals surface area contributed by atoms with Crippen molar-refractivity contribution in [3.05, 3.63) is 59.2 Å². The molecular formula is C33H40O9. The topological polar surface area (TPSA) is 122 Å². The van der Waals surface area contributed by atoms with Crippen LogP contribution in [0.3, 0.4) is 0 Å². The predicted molar refractivity (Wildman–Crippen MR) is 152 cm³/mol. The fraction of sp³-hybridized carbons (Fsp3) is 0.545. The van der Waals surface area contributed by atoms with E-state index in [4.69, 9.17) is 18.9 Å². The van der Waals surface area contributed by atoms with Crippen molar-refractivity contribution in [2.45, 2.75) is 79.1 Å². The van der Waals surface area contributed by atoms with Gasteiger partial charge < -0.3 is 18.9 Å². The van der Waals surface area contributed by atoms with E-state index >= 15 is 0 Å². The highest BCUT2D eigenvalue weighted by Gasteiger charge is 2.65. The molecule has 3 aliphatic carbocycles. The summed E-state index contributed by atoms with van der Waals surface area (Å²) in [5.74, 6) is -4.28. The Morgan fingerprint density at radius 3 is 2.21 bits per heavy atom. The molecule has 1 aromatic carbocycles. The second-order valence-corrected chi connectivity index (χ2v) is 12.4. The standard InChI is InChI=1S/C33H40O9/c1-18-15-26-25(32(26,6)7)14-13-24(17-39-20(3)34)29(40-21(4)35)27-28(41-31(38)23-11-9-8-10-12-23)19(2)16-33(27,30(18)37)42-22(5)36/h8-13,15,19,25-29H,14,16-17H2,1-7H3/b18-15+,24-13-/t19-,25-,26+,27+,28-,29-,33+/m0/s1. The molecule has 0 aliphatic heterocycles. The highest BCUT2D eigenvalue weighted by molar-refractivity contribution is 6.03. The summed E-state index contributed by atoms with van der Waals surface area (Å²) in [6, 6.07) is 8.40. The van der Waals surface area contributed by atoms with Crippen LogP contribution in [-0.4, -0.2) is 54.1 Å². The minimum Gasteiger partial charge on any atom is -0.461 e. The molecule has 9 heteroatoms. The van der Waals surface area contributed by atoms with E-state index in [0.717, 1.165) is 0 Å². The molecule has 2 saturated carbocycles. The first kappa shape index (κ1) is 31.2. The molecular weight excluding hydrogens is 540 g/mol. The third kappa shape index (κ3) is 6.05. The molecule has 2 fully saturated rings. The van der Waals surface area contributed by atoms with E-state index in [0.29, 0.717) is 23.1 Å². The molecule has 226 valence electrons. The number of benzene rings is 1. The highest BCUT2D eigenvalue weighted by Crippen LogP contribution is 2.62. The molecule has 1 aromatic rings. The Kier molecular flexibility index (Phi) is 8.81. The average Bonchev–Trinajstić information content (AvgIpc) is 3.30. The van der Waals surface area contributed by atoms with Crippen LogP contribution in [0.15, 0.2) is 53.6 Å². The van der Waals surface area contributed by atoms with Gasteiger partial charge in [0.1, 0.15) is 18.8 Å². The molecule has 0 radical (unpaired) electrons. The van der Waals surface area contributed by atoms with Crippen LogP contribution in [0.2, 0.25) is 0 Å². The summed E-state index contributed by atoms with van der Waals surface area (Å²) < 4.78 is 23.4. The fourth-order valence-corrected chi connectivity index (χ4v) is 6.90. The third-order valence-electron chi connectivity index (χ3n) is 9.03. The SMILES string of the molecule is CC(=O)OC/C1=C/C[C@H]2[C@@H](/C=C(\C)C(=O)[C@@]3(OC(C)=O)C[C@H](C)[C@H](OC(=O)c4ccccc4)[C@@H]3[C@H]1OC(C)=O)C2(C)C. The summed E-state index contributed by atoms with van der Waals surface area (Å²) in [6.07, 6.45) is 2.24. The molecule has 3 aliphatic rings. The zero-order valence-electron chi connectivity index (χ0n) is 25.3. The summed E-state index contributed by atoms with van der Waals surface area (Å²) in [5.41, 5.74) is -0.761. The molecule has 0 unspecified atom stereocenters. The lowest BCUT2D eigenvalue weighted by molar-refractivity contribution is -0.179. The molecule has 0 bridgehead atoms. The predicted octanol–water partition coefficient (Wildman–Crippen LogP) is 4.78. The Bertz CT molecular complexity index is 1320. The first-order valence-electron chi connectivity index (χ1n) is 14.4. The summed E-state index contributed by atoms with van der Waals surface area (Å²) in [7, 11) is 0. The van der Waals surface area contributed by atoms with Crippen LogP contribution < -0.4 is 0 Å². The maximum atomic E-state index is 14.5. The lowest BCUT2D eigenvalue weighted by atomic mass is 9.76. The lowest BCUT2D eigenvalue weighted by Gasteiger charge is -2.40. The number of fused-ring (bicyclic) bond motifs is 2. The van der Waals surface area contributed by atoms with Crippen molar-refractivity contribution >= 4 is 29.7 Å². The Balaban J connectivity index is 1.94. The van der Waals surface area contributed by atoms with Crippen LogP contribution >= 0.6 is 0 Å². The third-order valence-corrected chi connectivity index (χ3v) is 9.03. The van der Waals surface area contributed by atoms with Gasteiger partial charge in [0.05, 0.1) is 11.5 Å². The van der Waals surface area contributed by atoms with Gasteiger partial charge in [0.25, 0.3) is 0 Å². The molecule has 0 spiro atoms. The molecule has 0 heterocycles. The number of carbonyl (C=O) groups excluding carboxylic acids is 5. The van der Waals surface area contributed by atoms with Crippen LogP contribution in [0.1, 0.15) is 71.7 Å². The maximum absolute atomic E-state index is 14.5. The second-order valence-electron chi connectivity index (χ2n) is 12.4. The number of carbonyl (C=O) groups is 5. The van der Waals surface area contributed by atoms with Gasteiger partial charge in [-0.25, -0.2) is 4.79 Å². The van der Waals surface area contributed by atoms with Gasteiger partial charge in [-0.2, -0.15) is 0 Å². The summed E-state index contributed by atoms with van der Waals surface area (Å²) >= 11 is 0. The number of hydrogen-bond acceptors (Lipinski definition) is 9. The Morgan fingerprint density at radius 2 is 1.62 bits per heavy atom. The van der Waals surface area contributed by atoms with E-state index in [-0.39, 0.29) is 30.3 Å². The van der Waals surface area contributed by atoms with Crippen molar-refractivity contribution < 1.29 is 42.9 Å². The van der Waals surface area contributed by atoms with Gasteiger partial charge in [0, 0.05) is 32.8 Å². The molecule has 42 heavy (non-hydrogen) atoms. The van der Waals surface area contributed by atoms with Gasteiger partial charge in [0.2, 0.25) is 5.78 Å². The number of Topliss-reactive ketones (excluding diaryl/α,β-unsaturated/α-hetero) is 1. The molecule has 9 nitrogen and oxygen atoms in total. The van der Waals surface area contributed by atoms with Crippen LogP contribution in [0.5, 0.6) is 0 Å². The molecule has 0 aromatic heterocycles. The minimum absolute atomic E-state index is 0.0318. The largest absolute Gasteiger partial charge is 0.461 e. The van der Waals surface area contributed by atoms with E-state index in [9.17, 15) is 24.0 Å². The van der Waals surface area contributed by atoms with Crippen molar-refractivity contribution in [3.8, 4) is 0 Å². The van der Waals surface area contributed by atoms with E-state index < -0.39 is 59.3 Å². The molecule has 0 saturated heterocycles. The monoisotopic (exact) mass is 580 g/mol. The van der Waals surface area contributed by atoms with Crippen LogP contribution in [-0.2, 0) is 38.1 Å². The quantitative estimate of drug-likeness (QED) is 0.266. The van der Waals surface area contributed by atoms with Crippen LogP contribution in [0, 0.1) is 29.1 Å². The van der Waals surface area contributed by atoms with E-state index in [1.807, 2.05) is 12.2 Å². The van der Waals surface area contributed by atoms with Gasteiger partial charge in [-0.3, -0.25) is 19.2 Å². The van der Waals surface area contributed by atoms with Gasteiger partial charge >= 0.3 is 23.9 Å². The van der Waals surface area contributed by atoms with E-state index in [1.54, 1.807) is 44.2 Å². The minimum atomic E-state index is -1.82. The van der Waals surface area contributed by atoms with Crippen molar-refractivity contribution in [2.75, 3.05) is 6.61 Å². The van der Waals surface area contributed by atoms with Crippen molar-refractivity contribution in [1.29, 1.82) is 0 Å². The van der Waals surface area contributed by atoms with Gasteiger partial charge in [0.15, 0.2) is 5.60 Å². The van der Waals surface area contributed by atoms with Crippen molar-refractivity contribution in [1.82, 2.24) is 0 Å². The second kappa shape index (κ2) is 11.9. The van der Waals surface area contributed by atoms with Gasteiger partial charge in [-0.1, -0.05) is 51.1 Å². The zero-order chi connectivity index (χ0) is 31.0. The smallest absolute Gasteiger partial charge is 0.338 e. The fourth-order valence-electron chi connectivity index (χ4n) is 6.90. The number of ether oxygens (including phenoxy) is 4. The molecule has 7 atom stereocenters.